The van der Waals surface area contributed by atoms with Crippen LogP contribution in [0.2, 0.25) is 5.02 Å². The SMILES string of the molecule is Cn1cc(C(=O)N2CCCCCC2)cc(NC(=O)C(C)(C)Oc2ccc(Cl)cc2)c1=O. The van der Waals surface area contributed by atoms with E-state index in [-0.39, 0.29) is 11.6 Å². The Labute approximate surface area is 187 Å². The van der Waals surface area contributed by atoms with Crippen LogP contribution in [0.1, 0.15) is 49.9 Å². The normalized spacial score (nSPS) is 14.6. The second-order valence-electron chi connectivity index (χ2n) is 8.29. The molecule has 31 heavy (non-hydrogen) atoms. The van der Waals surface area contributed by atoms with Crippen molar-refractivity contribution in [2.45, 2.75) is 45.1 Å². The Morgan fingerprint density at radius 3 is 2.29 bits per heavy atom. The molecule has 0 bridgehead atoms. The molecule has 0 spiro atoms. The first-order valence-electron chi connectivity index (χ1n) is 10.4. The zero-order valence-electron chi connectivity index (χ0n) is 18.1. The molecule has 1 aromatic heterocycles. The number of rotatable bonds is 5. The number of amides is 2. The molecule has 1 aliphatic rings. The average molecular weight is 446 g/mol. The van der Waals surface area contributed by atoms with Crippen LogP contribution >= 0.6 is 11.6 Å². The van der Waals surface area contributed by atoms with Crippen molar-refractivity contribution in [1.29, 1.82) is 0 Å². The number of carbonyl (C=O) groups is 2. The molecule has 7 nitrogen and oxygen atoms in total. The number of hydrogen-bond donors (Lipinski definition) is 1. The van der Waals surface area contributed by atoms with E-state index in [1.54, 1.807) is 45.2 Å². The number of halogens is 1. The number of benzene rings is 1. The van der Waals surface area contributed by atoms with Gasteiger partial charge in [0.15, 0.2) is 5.60 Å². The molecule has 2 heterocycles. The molecule has 0 radical (unpaired) electrons. The van der Waals surface area contributed by atoms with Crippen LogP contribution in [0.25, 0.3) is 0 Å². The quantitative estimate of drug-likeness (QED) is 0.757. The molecule has 0 saturated carbocycles. The van der Waals surface area contributed by atoms with E-state index in [4.69, 9.17) is 16.3 Å². The van der Waals surface area contributed by atoms with Crippen molar-refractivity contribution in [3.8, 4) is 5.75 Å². The van der Waals surface area contributed by atoms with Gasteiger partial charge in [0.05, 0.1) is 5.56 Å². The zero-order valence-corrected chi connectivity index (χ0v) is 18.9. The molecule has 1 saturated heterocycles. The van der Waals surface area contributed by atoms with Crippen molar-refractivity contribution in [3.63, 3.8) is 0 Å². The summed E-state index contributed by atoms with van der Waals surface area (Å²) in [6, 6.07) is 8.11. The van der Waals surface area contributed by atoms with Gasteiger partial charge in [-0.1, -0.05) is 24.4 Å². The van der Waals surface area contributed by atoms with Crippen molar-refractivity contribution in [1.82, 2.24) is 9.47 Å². The lowest BCUT2D eigenvalue weighted by Gasteiger charge is -2.25. The molecule has 3 rings (SSSR count). The number of nitrogens with zero attached hydrogens (tertiary/aromatic N) is 2. The molecule has 1 N–H and O–H groups in total. The van der Waals surface area contributed by atoms with Gasteiger partial charge in [0, 0.05) is 31.4 Å². The topological polar surface area (TPSA) is 80.6 Å². The molecule has 2 amide bonds. The average Bonchev–Trinajstić information content (AvgIpc) is 3.01. The minimum atomic E-state index is -1.26. The summed E-state index contributed by atoms with van der Waals surface area (Å²) >= 11 is 5.89. The summed E-state index contributed by atoms with van der Waals surface area (Å²) in [5, 5.41) is 3.20. The molecule has 1 fully saturated rings. The molecule has 0 atom stereocenters. The van der Waals surface area contributed by atoms with Gasteiger partial charge >= 0.3 is 0 Å². The monoisotopic (exact) mass is 445 g/mol. The Bertz CT molecular complexity index is 1010. The van der Waals surface area contributed by atoms with Gasteiger partial charge in [-0.3, -0.25) is 14.4 Å². The maximum absolute atomic E-state index is 13.0. The van der Waals surface area contributed by atoms with Gasteiger partial charge < -0.3 is 19.5 Å². The van der Waals surface area contributed by atoms with Crippen LogP contribution in [0.4, 0.5) is 5.69 Å². The van der Waals surface area contributed by atoms with Crippen LogP contribution in [0.3, 0.4) is 0 Å². The van der Waals surface area contributed by atoms with Crippen molar-refractivity contribution in [2.75, 3.05) is 18.4 Å². The minimum absolute atomic E-state index is 0.0425. The zero-order chi connectivity index (χ0) is 22.6. The molecule has 1 aliphatic heterocycles. The number of nitrogens with one attached hydrogen (secondary N) is 1. The Kier molecular flexibility index (Phi) is 7.05. The number of hydrogen-bond acceptors (Lipinski definition) is 4. The molecule has 0 aliphatic carbocycles. The third kappa shape index (κ3) is 5.67. The molecule has 2 aromatic rings. The van der Waals surface area contributed by atoms with Crippen LogP contribution in [-0.2, 0) is 11.8 Å². The lowest BCUT2D eigenvalue weighted by Crippen LogP contribution is -2.44. The van der Waals surface area contributed by atoms with E-state index in [1.165, 1.54) is 16.8 Å². The van der Waals surface area contributed by atoms with Crippen molar-refractivity contribution in [2.24, 2.45) is 7.05 Å². The summed E-state index contributed by atoms with van der Waals surface area (Å²) in [5.74, 6) is -0.161. The van der Waals surface area contributed by atoms with E-state index in [0.717, 1.165) is 25.7 Å². The van der Waals surface area contributed by atoms with Gasteiger partial charge in [-0.2, -0.15) is 0 Å². The van der Waals surface area contributed by atoms with E-state index >= 15 is 0 Å². The molecule has 8 heteroatoms. The van der Waals surface area contributed by atoms with Crippen molar-refractivity contribution < 1.29 is 14.3 Å². The summed E-state index contributed by atoms with van der Waals surface area (Å²) in [7, 11) is 1.56. The number of likely N-dealkylation sites (tertiary alicyclic amines) is 1. The second kappa shape index (κ2) is 9.56. The maximum Gasteiger partial charge on any atom is 0.274 e. The Hall–Kier alpha value is -2.80. The molecule has 166 valence electrons. The fourth-order valence-corrected chi connectivity index (χ4v) is 3.62. The lowest BCUT2D eigenvalue weighted by molar-refractivity contribution is -0.128. The summed E-state index contributed by atoms with van der Waals surface area (Å²) in [5.41, 5.74) is -1.25. The largest absolute Gasteiger partial charge is 0.478 e. The number of carbonyl (C=O) groups excluding carboxylic acids is 2. The van der Waals surface area contributed by atoms with Crippen LogP contribution in [0, 0.1) is 0 Å². The van der Waals surface area contributed by atoms with Crippen molar-refractivity contribution in [3.05, 3.63) is 57.5 Å². The number of ether oxygens (including phenoxy) is 1. The van der Waals surface area contributed by atoms with Crippen LogP contribution in [0.5, 0.6) is 5.75 Å². The highest BCUT2D eigenvalue weighted by atomic mass is 35.5. The van der Waals surface area contributed by atoms with E-state index in [0.29, 0.717) is 29.4 Å². The predicted molar refractivity (Wildman–Crippen MR) is 121 cm³/mol. The van der Waals surface area contributed by atoms with E-state index in [1.807, 2.05) is 4.90 Å². The van der Waals surface area contributed by atoms with Crippen LogP contribution < -0.4 is 15.6 Å². The highest BCUT2D eigenvalue weighted by Gasteiger charge is 2.31. The summed E-state index contributed by atoms with van der Waals surface area (Å²) in [6.45, 7) is 4.61. The van der Waals surface area contributed by atoms with Crippen LogP contribution in [0.15, 0.2) is 41.3 Å². The minimum Gasteiger partial charge on any atom is -0.478 e. The summed E-state index contributed by atoms with van der Waals surface area (Å²) in [6.07, 6.45) is 5.68. The van der Waals surface area contributed by atoms with Gasteiger partial charge in [-0.25, -0.2) is 0 Å². The fourth-order valence-electron chi connectivity index (χ4n) is 3.49. The van der Waals surface area contributed by atoms with Gasteiger partial charge in [0.2, 0.25) is 0 Å². The van der Waals surface area contributed by atoms with E-state index in [2.05, 4.69) is 5.32 Å². The summed E-state index contributed by atoms with van der Waals surface area (Å²) in [4.78, 5) is 40.3. The van der Waals surface area contributed by atoms with E-state index < -0.39 is 17.1 Å². The number of pyridine rings is 1. The first-order chi connectivity index (χ1) is 14.7. The predicted octanol–water partition coefficient (Wildman–Crippen LogP) is 3.85. The second-order valence-corrected chi connectivity index (χ2v) is 8.72. The first-order valence-corrected chi connectivity index (χ1v) is 10.8. The fraction of sp³-hybridized carbons (Fsp3) is 0.435. The highest BCUT2D eigenvalue weighted by Crippen LogP contribution is 2.22. The van der Waals surface area contributed by atoms with E-state index in [9.17, 15) is 14.4 Å². The first kappa shape index (κ1) is 22.9. The Morgan fingerprint density at radius 1 is 1.06 bits per heavy atom. The van der Waals surface area contributed by atoms with Gasteiger partial charge in [-0.15, -0.1) is 0 Å². The molecular weight excluding hydrogens is 418 g/mol. The highest BCUT2D eigenvalue weighted by molar-refractivity contribution is 6.30. The van der Waals surface area contributed by atoms with Gasteiger partial charge in [0.1, 0.15) is 11.4 Å². The number of aryl methyl sites for hydroxylation is 1. The summed E-state index contributed by atoms with van der Waals surface area (Å²) < 4.78 is 7.11. The molecule has 1 aromatic carbocycles. The maximum atomic E-state index is 13.0. The lowest BCUT2D eigenvalue weighted by atomic mass is 10.1. The standard InChI is InChI=1S/C23H28ClN3O4/c1-23(2,31-18-10-8-17(24)9-11-18)22(30)25-19-14-16(15-26(3)21(19)29)20(28)27-12-6-4-5-7-13-27/h8-11,14-15H,4-7,12-13H2,1-3H3,(H,25,30). The molecular formula is C23H28ClN3O4. The van der Waals surface area contributed by atoms with Gasteiger partial charge in [-0.05, 0) is 57.0 Å². The third-order valence-electron chi connectivity index (χ3n) is 5.31. The molecule has 0 unspecified atom stereocenters. The Balaban J connectivity index is 1.79. The van der Waals surface area contributed by atoms with Gasteiger partial charge in [0.25, 0.3) is 17.4 Å². The smallest absolute Gasteiger partial charge is 0.274 e. The third-order valence-corrected chi connectivity index (χ3v) is 5.56. The number of aromatic nitrogens is 1. The Morgan fingerprint density at radius 2 is 1.68 bits per heavy atom. The van der Waals surface area contributed by atoms with Crippen molar-refractivity contribution >= 4 is 29.1 Å². The van der Waals surface area contributed by atoms with Crippen LogP contribution in [-0.4, -0.2) is 40.0 Å². The number of anilines is 1.